The molecular weight excluding hydrogens is 216 g/mol. The van der Waals surface area contributed by atoms with Crippen molar-refractivity contribution in [1.29, 1.82) is 0 Å². The summed E-state index contributed by atoms with van der Waals surface area (Å²) < 4.78 is 25.6. The molecule has 0 aliphatic rings. The molecule has 0 aliphatic heterocycles. The highest BCUT2D eigenvalue weighted by Crippen LogP contribution is 2.08. The number of rotatable bonds is 3. The molecule has 2 N–H and O–H groups in total. The Hall–Kier alpha value is -1.49. The molecule has 16 heavy (non-hydrogen) atoms. The number of aliphatic hydroxyl groups is 1. The normalized spacial score (nSPS) is 11.3. The molecule has 88 valence electrons. The molecule has 0 saturated carbocycles. The van der Waals surface area contributed by atoms with Crippen molar-refractivity contribution < 1.29 is 18.7 Å². The van der Waals surface area contributed by atoms with Crippen LogP contribution in [0.1, 0.15) is 24.2 Å². The third kappa shape index (κ3) is 3.94. The summed E-state index contributed by atoms with van der Waals surface area (Å²) in [6, 6.07) is 2.55. The van der Waals surface area contributed by atoms with Crippen molar-refractivity contribution in [3.8, 4) is 0 Å². The van der Waals surface area contributed by atoms with Crippen molar-refractivity contribution in [2.45, 2.75) is 19.4 Å². The molecule has 1 aromatic carbocycles. The second-order valence-electron chi connectivity index (χ2n) is 4.15. The third-order valence-corrected chi connectivity index (χ3v) is 1.81. The molecule has 0 spiro atoms. The van der Waals surface area contributed by atoms with Gasteiger partial charge in [-0.05, 0) is 26.0 Å². The highest BCUT2D eigenvalue weighted by atomic mass is 19.1. The zero-order valence-electron chi connectivity index (χ0n) is 9.05. The van der Waals surface area contributed by atoms with Gasteiger partial charge in [0.05, 0.1) is 5.60 Å². The molecule has 0 aromatic heterocycles. The van der Waals surface area contributed by atoms with E-state index in [0.29, 0.717) is 6.07 Å². The number of benzene rings is 1. The van der Waals surface area contributed by atoms with Gasteiger partial charge in [0.2, 0.25) is 0 Å². The number of hydrogen-bond donors (Lipinski definition) is 2. The summed E-state index contributed by atoms with van der Waals surface area (Å²) in [6.07, 6.45) is 0. The molecule has 3 nitrogen and oxygen atoms in total. The third-order valence-electron chi connectivity index (χ3n) is 1.81. The van der Waals surface area contributed by atoms with E-state index in [4.69, 9.17) is 0 Å². The van der Waals surface area contributed by atoms with Gasteiger partial charge < -0.3 is 10.4 Å². The minimum Gasteiger partial charge on any atom is -0.389 e. The Balaban J connectivity index is 2.73. The van der Waals surface area contributed by atoms with Crippen LogP contribution in [0.25, 0.3) is 0 Å². The minimum atomic E-state index is -1.07. The van der Waals surface area contributed by atoms with Crippen LogP contribution in [0.5, 0.6) is 0 Å². The Morgan fingerprint density at radius 1 is 1.31 bits per heavy atom. The van der Waals surface area contributed by atoms with Crippen molar-refractivity contribution in [3.05, 3.63) is 35.4 Å². The highest BCUT2D eigenvalue weighted by Gasteiger charge is 2.15. The van der Waals surface area contributed by atoms with Crippen LogP contribution in [0.15, 0.2) is 18.2 Å². The number of carbonyl (C=O) groups is 1. The Bertz CT molecular complexity index is 379. The van der Waals surface area contributed by atoms with Crippen LogP contribution in [0.3, 0.4) is 0 Å². The van der Waals surface area contributed by atoms with Gasteiger partial charge in [-0.1, -0.05) is 0 Å². The SMILES string of the molecule is CC(C)(O)CNC(=O)c1cc(F)cc(F)c1. The highest BCUT2D eigenvalue weighted by molar-refractivity contribution is 5.94. The maximum absolute atomic E-state index is 12.8. The molecule has 0 fully saturated rings. The van der Waals surface area contributed by atoms with Gasteiger partial charge in [-0.2, -0.15) is 0 Å². The fourth-order valence-electron chi connectivity index (χ4n) is 1.08. The van der Waals surface area contributed by atoms with Crippen LogP contribution in [0, 0.1) is 11.6 Å². The monoisotopic (exact) mass is 229 g/mol. The first-order chi connectivity index (χ1) is 7.28. The van der Waals surface area contributed by atoms with E-state index in [-0.39, 0.29) is 12.1 Å². The second-order valence-corrected chi connectivity index (χ2v) is 4.15. The molecule has 0 aliphatic carbocycles. The Morgan fingerprint density at radius 2 is 1.81 bits per heavy atom. The molecule has 1 rings (SSSR count). The smallest absolute Gasteiger partial charge is 0.251 e. The lowest BCUT2D eigenvalue weighted by molar-refractivity contribution is 0.0694. The topological polar surface area (TPSA) is 49.3 Å². The molecule has 1 amide bonds. The van der Waals surface area contributed by atoms with Crippen LogP contribution < -0.4 is 5.32 Å². The lowest BCUT2D eigenvalue weighted by Gasteiger charge is -2.17. The maximum atomic E-state index is 12.8. The summed E-state index contributed by atoms with van der Waals surface area (Å²) in [5, 5.41) is 11.7. The summed E-state index contributed by atoms with van der Waals surface area (Å²) in [6.45, 7) is 3.03. The standard InChI is InChI=1S/C11H13F2NO2/c1-11(2,16)6-14-10(15)7-3-8(12)5-9(13)4-7/h3-5,16H,6H2,1-2H3,(H,14,15). The number of halogens is 2. The van der Waals surface area contributed by atoms with Crippen LogP contribution in [-0.2, 0) is 0 Å². The van der Waals surface area contributed by atoms with Crippen molar-refractivity contribution in [1.82, 2.24) is 5.32 Å². The fourth-order valence-corrected chi connectivity index (χ4v) is 1.08. The first kappa shape index (κ1) is 12.6. The zero-order chi connectivity index (χ0) is 12.3. The average molecular weight is 229 g/mol. The van der Waals surface area contributed by atoms with Crippen LogP contribution in [0.4, 0.5) is 8.78 Å². The summed E-state index contributed by atoms with van der Waals surface area (Å²) >= 11 is 0. The molecular formula is C11H13F2NO2. The van der Waals surface area contributed by atoms with E-state index in [1.54, 1.807) is 0 Å². The first-order valence-electron chi connectivity index (χ1n) is 4.74. The zero-order valence-corrected chi connectivity index (χ0v) is 9.05. The van der Waals surface area contributed by atoms with Gasteiger partial charge in [-0.3, -0.25) is 4.79 Å². The maximum Gasteiger partial charge on any atom is 0.251 e. The molecule has 0 unspecified atom stereocenters. The lowest BCUT2D eigenvalue weighted by Crippen LogP contribution is -2.38. The molecule has 0 bridgehead atoms. The number of carbonyl (C=O) groups excluding carboxylic acids is 1. The quantitative estimate of drug-likeness (QED) is 0.824. The van der Waals surface area contributed by atoms with Gasteiger partial charge >= 0.3 is 0 Å². The molecule has 5 heteroatoms. The van der Waals surface area contributed by atoms with E-state index in [1.807, 2.05) is 0 Å². The van der Waals surface area contributed by atoms with E-state index in [2.05, 4.69) is 5.32 Å². The Morgan fingerprint density at radius 3 is 2.25 bits per heavy atom. The van der Waals surface area contributed by atoms with Gasteiger partial charge in [-0.15, -0.1) is 0 Å². The Kier molecular flexibility index (Phi) is 3.59. The minimum absolute atomic E-state index is 0.00393. The molecule has 0 atom stereocenters. The van der Waals surface area contributed by atoms with E-state index in [1.165, 1.54) is 13.8 Å². The summed E-state index contributed by atoms with van der Waals surface area (Å²) in [7, 11) is 0. The van der Waals surface area contributed by atoms with Crippen LogP contribution in [-0.4, -0.2) is 23.2 Å². The summed E-state index contributed by atoms with van der Waals surface area (Å²) in [4.78, 5) is 11.4. The van der Waals surface area contributed by atoms with Crippen molar-refractivity contribution in [2.75, 3.05) is 6.54 Å². The predicted molar refractivity (Wildman–Crippen MR) is 55.0 cm³/mol. The van der Waals surface area contributed by atoms with Gasteiger partial charge in [0.15, 0.2) is 0 Å². The van der Waals surface area contributed by atoms with Gasteiger partial charge in [-0.25, -0.2) is 8.78 Å². The van der Waals surface area contributed by atoms with E-state index in [9.17, 15) is 18.7 Å². The van der Waals surface area contributed by atoms with E-state index < -0.39 is 23.1 Å². The number of nitrogens with one attached hydrogen (secondary N) is 1. The second kappa shape index (κ2) is 4.57. The first-order valence-corrected chi connectivity index (χ1v) is 4.74. The average Bonchev–Trinajstić information content (AvgIpc) is 2.11. The number of amides is 1. The van der Waals surface area contributed by atoms with Gasteiger partial charge in [0, 0.05) is 18.2 Å². The van der Waals surface area contributed by atoms with Crippen LogP contribution >= 0.6 is 0 Å². The Labute approximate surface area is 92.1 Å². The summed E-state index contributed by atoms with van der Waals surface area (Å²) in [5.74, 6) is -2.25. The van der Waals surface area contributed by atoms with Crippen molar-refractivity contribution in [2.24, 2.45) is 0 Å². The lowest BCUT2D eigenvalue weighted by atomic mass is 10.1. The largest absolute Gasteiger partial charge is 0.389 e. The van der Waals surface area contributed by atoms with Crippen molar-refractivity contribution >= 4 is 5.91 Å². The van der Waals surface area contributed by atoms with Crippen molar-refractivity contribution in [3.63, 3.8) is 0 Å². The molecule has 0 radical (unpaired) electrons. The van der Waals surface area contributed by atoms with Crippen LogP contribution in [0.2, 0.25) is 0 Å². The summed E-state index contributed by atoms with van der Waals surface area (Å²) in [5.41, 5.74) is -1.18. The molecule has 0 heterocycles. The fraction of sp³-hybridized carbons (Fsp3) is 0.364. The van der Waals surface area contributed by atoms with E-state index in [0.717, 1.165) is 12.1 Å². The van der Waals surface area contributed by atoms with Gasteiger partial charge in [0.25, 0.3) is 5.91 Å². The van der Waals surface area contributed by atoms with E-state index >= 15 is 0 Å². The van der Waals surface area contributed by atoms with Gasteiger partial charge in [0.1, 0.15) is 11.6 Å². The molecule has 1 aromatic rings. The predicted octanol–water partition coefficient (Wildman–Crippen LogP) is 1.47. The molecule has 0 saturated heterocycles. The number of hydrogen-bond acceptors (Lipinski definition) is 2.